The predicted octanol–water partition coefficient (Wildman–Crippen LogP) is 1.94. The Kier molecular flexibility index (Phi) is 4.82. The number of rotatable bonds is 5. The van der Waals surface area contributed by atoms with Gasteiger partial charge in [0.05, 0.1) is 24.0 Å². The number of aromatic nitrogens is 6. The number of nitrogens with two attached hydrogens (primary N) is 1. The van der Waals surface area contributed by atoms with E-state index in [4.69, 9.17) is 5.73 Å². The second kappa shape index (κ2) is 7.58. The van der Waals surface area contributed by atoms with Gasteiger partial charge in [-0.3, -0.25) is 4.98 Å². The van der Waals surface area contributed by atoms with Crippen molar-refractivity contribution in [3.8, 4) is 0 Å². The standard InChI is InChI=1S/C19H19N9O/c1-3-27(19(20)29)25-12(2)16-10-22-17-18(23-16)28(26-24-17)11-13-6-7-15-14(9-13)5-4-8-21-15/h4-10H,3,11H2,1-2H3,(H2,20,29)/b25-12+. The van der Waals surface area contributed by atoms with E-state index in [1.807, 2.05) is 24.3 Å². The lowest BCUT2D eigenvalue weighted by Gasteiger charge is -2.12. The first-order valence-electron chi connectivity index (χ1n) is 9.07. The van der Waals surface area contributed by atoms with Crippen molar-refractivity contribution in [3.05, 3.63) is 54.0 Å². The van der Waals surface area contributed by atoms with Gasteiger partial charge in [0.25, 0.3) is 0 Å². The Labute approximate surface area is 166 Å². The van der Waals surface area contributed by atoms with Crippen LogP contribution in [0.2, 0.25) is 0 Å². The summed E-state index contributed by atoms with van der Waals surface area (Å²) in [6.45, 7) is 4.37. The summed E-state index contributed by atoms with van der Waals surface area (Å²) in [6.07, 6.45) is 3.32. The Morgan fingerprint density at radius 1 is 1.28 bits per heavy atom. The highest BCUT2D eigenvalue weighted by Gasteiger charge is 2.13. The number of hydrogen-bond acceptors (Lipinski definition) is 7. The summed E-state index contributed by atoms with van der Waals surface area (Å²) < 4.78 is 1.68. The Morgan fingerprint density at radius 3 is 2.93 bits per heavy atom. The number of fused-ring (bicyclic) bond motifs is 2. The van der Waals surface area contributed by atoms with Crippen LogP contribution in [0.25, 0.3) is 22.2 Å². The van der Waals surface area contributed by atoms with Gasteiger partial charge in [-0.15, -0.1) is 5.10 Å². The summed E-state index contributed by atoms with van der Waals surface area (Å²) in [5.41, 5.74) is 9.29. The Morgan fingerprint density at radius 2 is 2.14 bits per heavy atom. The Balaban J connectivity index is 1.67. The summed E-state index contributed by atoms with van der Waals surface area (Å²) >= 11 is 0. The first kappa shape index (κ1) is 18.4. The fraction of sp³-hybridized carbons (Fsp3) is 0.211. The van der Waals surface area contributed by atoms with Crippen molar-refractivity contribution in [3.63, 3.8) is 0 Å². The zero-order valence-corrected chi connectivity index (χ0v) is 16.0. The van der Waals surface area contributed by atoms with Crippen molar-refractivity contribution in [1.29, 1.82) is 0 Å². The van der Waals surface area contributed by atoms with Gasteiger partial charge in [-0.25, -0.2) is 24.5 Å². The van der Waals surface area contributed by atoms with Crippen LogP contribution in [0, 0.1) is 0 Å². The molecule has 3 heterocycles. The summed E-state index contributed by atoms with van der Waals surface area (Å²) in [5.74, 6) is 0. The van der Waals surface area contributed by atoms with Crippen LogP contribution in [-0.2, 0) is 6.54 Å². The van der Waals surface area contributed by atoms with Gasteiger partial charge in [-0.1, -0.05) is 17.3 Å². The van der Waals surface area contributed by atoms with E-state index >= 15 is 0 Å². The van der Waals surface area contributed by atoms with E-state index in [2.05, 4.69) is 36.4 Å². The second-order valence-electron chi connectivity index (χ2n) is 6.42. The van der Waals surface area contributed by atoms with Crippen molar-refractivity contribution in [2.75, 3.05) is 6.54 Å². The van der Waals surface area contributed by atoms with E-state index in [1.54, 1.807) is 30.9 Å². The maximum atomic E-state index is 11.4. The van der Waals surface area contributed by atoms with Gasteiger partial charge in [-0.05, 0) is 37.6 Å². The first-order chi connectivity index (χ1) is 14.0. The van der Waals surface area contributed by atoms with Crippen molar-refractivity contribution in [2.45, 2.75) is 20.4 Å². The molecule has 0 bridgehead atoms. The molecule has 3 aromatic heterocycles. The lowest BCUT2D eigenvalue weighted by Crippen LogP contribution is -2.32. The third-order valence-electron chi connectivity index (χ3n) is 4.42. The van der Waals surface area contributed by atoms with E-state index in [0.717, 1.165) is 16.5 Å². The molecule has 146 valence electrons. The molecule has 4 aromatic rings. The highest BCUT2D eigenvalue weighted by molar-refractivity contribution is 5.98. The average Bonchev–Trinajstić information content (AvgIpc) is 3.13. The maximum Gasteiger partial charge on any atom is 0.335 e. The third kappa shape index (κ3) is 3.72. The van der Waals surface area contributed by atoms with Crippen molar-refractivity contribution < 1.29 is 4.79 Å². The zero-order valence-electron chi connectivity index (χ0n) is 16.0. The van der Waals surface area contributed by atoms with Gasteiger partial charge in [0.1, 0.15) is 5.69 Å². The molecule has 10 heteroatoms. The molecule has 0 radical (unpaired) electrons. The molecule has 0 saturated heterocycles. The molecular weight excluding hydrogens is 370 g/mol. The molecule has 0 aliphatic heterocycles. The fourth-order valence-corrected chi connectivity index (χ4v) is 2.94. The molecule has 0 saturated carbocycles. The zero-order chi connectivity index (χ0) is 20.4. The van der Waals surface area contributed by atoms with Crippen molar-refractivity contribution in [1.82, 2.24) is 35.0 Å². The molecule has 0 spiro atoms. The van der Waals surface area contributed by atoms with Gasteiger partial charge in [0, 0.05) is 18.1 Å². The third-order valence-corrected chi connectivity index (χ3v) is 4.42. The number of urea groups is 1. The smallest absolute Gasteiger partial charge is 0.335 e. The number of benzene rings is 1. The molecule has 0 unspecified atom stereocenters. The molecule has 29 heavy (non-hydrogen) atoms. The van der Waals surface area contributed by atoms with E-state index in [-0.39, 0.29) is 0 Å². The van der Waals surface area contributed by atoms with Crippen LogP contribution in [0.3, 0.4) is 0 Å². The molecule has 0 aliphatic rings. The lowest BCUT2D eigenvalue weighted by atomic mass is 10.1. The molecule has 2 amide bonds. The molecule has 0 fully saturated rings. The largest absolute Gasteiger partial charge is 0.350 e. The van der Waals surface area contributed by atoms with E-state index < -0.39 is 6.03 Å². The van der Waals surface area contributed by atoms with E-state index in [1.165, 1.54) is 5.01 Å². The van der Waals surface area contributed by atoms with Gasteiger partial charge < -0.3 is 5.73 Å². The quantitative estimate of drug-likeness (QED) is 0.410. The minimum Gasteiger partial charge on any atom is -0.350 e. The lowest BCUT2D eigenvalue weighted by molar-refractivity contribution is 0.212. The molecule has 0 atom stereocenters. The monoisotopic (exact) mass is 389 g/mol. The highest BCUT2D eigenvalue weighted by Crippen LogP contribution is 2.16. The van der Waals surface area contributed by atoms with E-state index in [0.29, 0.717) is 35.8 Å². The summed E-state index contributed by atoms with van der Waals surface area (Å²) in [7, 11) is 0. The molecule has 4 rings (SSSR count). The Hall–Kier alpha value is -3.95. The van der Waals surface area contributed by atoms with Crippen molar-refractivity contribution >= 4 is 33.9 Å². The number of amides is 2. The second-order valence-corrected chi connectivity index (χ2v) is 6.42. The van der Waals surface area contributed by atoms with Crippen LogP contribution in [0.4, 0.5) is 4.79 Å². The normalized spacial score (nSPS) is 11.9. The molecule has 0 aliphatic carbocycles. The topological polar surface area (TPSA) is 128 Å². The van der Waals surface area contributed by atoms with Crippen LogP contribution >= 0.6 is 0 Å². The number of hydrogen-bond donors (Lipinski definition) is 1. The van der Waals surface area contributed by atoms with Gasteiger partial charge in [-0.2, -0.15) is 5.10 Å². The minimum absolute atomic E-state index is 0.360. The van der Waals surface area contributed by atoms with Gasteiger partial charge in [0.2, 0.25) is 5.65 Å². The van der Waals surface area contributed by atoms with Crippen LogP contribution < -0.4 is 5.73 Å². The first-order valence-corrected chi connectivity index (χ1v) is 9.07. The van der Waals surface area contributed by atoms with Crippen LogP contribution in [0.1, 0.15) is 25.1 Å². The Bertz CT molecular complexity index is 1230. The van der Waals surface area contributed by atoms with Crippen LogP contribution in [0.15, 0.2) is 47.8 Å². The molecular formula is C19H19N9O. The highest BCUT2D eigenvalue weighted by atomic mass is 16.2. The number of carbonyl (C=O) groups excluding carboxylic acids is 1. The predicted molar refractivity (Wildman–Crippen MR) is 108 cm³/mol. The number of nitrogens with zero attached hydrogens (tertiary/aromatic N) is 8. The maximum absolute atomic E-state index is 11.4. The molecule has 10 nitrogen and oxygen atoms in total. The summed E-state index contributed by atoms with van der Waals surface area (Å²) in [4.78, 5) is 24.6. The number of primary amides is 1. The fourth-order valence-electron chi connectivity index (χ4n) is 2.94. The van der Waals surface area contributed by atoms with Gasteiger partial charge in [0.15, 0.2) is 5.65 Å². The molecule has 1 aromatic carbocycles. The number of hydrazone groups is 1. The molecule has 2 N–H and O–H groups in total. The van der Waals surface area contributed by atoms with Crippen LogP contribution in [0.5, 0.6) is 0 Å². The number of pyridine rings is 1. The van der Waals surface area contributed by atoms with Gasteiger partial charge >= 0.3 is 6.03 Å². The summed E-state index contributed by atoms with van der Waals surface area (Å²) in [5, 5.41) is 14.7. The number of carbonyl (C=O) groups is 1. The SMILES string of the molecule is CCN(/N=C(\C)c1cnc2nnn(Cc3ccc4ncccc4c3)c2n1)C(N)=O. The minimum atomic E-state index is -0.626. The van der Waals surface area contributed by atoms with E-state index in [9.17, 15) is 4.79 Å². The average molecular weight is 389 g/mol. The summed E-state index contributed by atoms with van der Waals surface area (Å²) in [6, 6.07) is 9.33. The van der Waals surface area contributed by atoms with Crippen LogP contribution in [-0.4, -0.2) is 53.2 Å². The van der Waals surface area contributed by atoms with Crippen molar-refractivity contribution in [2.24, 2.45) is 10.8 Å².